The molecule has 0 amide bonds. The summed E-state index contributed by atoms with van der Waals surface area (Å²) in [6, 6.07) is 9.09. The minimum Gasteiger partial charge on any atom is -0.341 e. The molecule has 3 rings (SSSR count). The zero-order chi connectivity index (χ0) is 13.1. The van der Waals surface area contributed by atoms with Crippen LogP contribution >= 0.6 is 0 Å². The fraction of sp³-hybridized carbons (Fsp3) is 0.438. The summed E-state index contributed by atoms with van der Waals surface area (Å²) in [5.74, 6) is 1.03. The zero-order valence-corrected chi connectivity index (χ0v) is 11.4. The second kappa shape index (κ2) is 5.57. The standard InChI is InChI=1S/C16H21N3/c1-12-6-2-5-9-14(12)15-10-18-16(19-15)11-17-13-7-3-4-8-13/h2,5-6,9-10,13,17H,3-4,7-8,11H2,1H3,(H,18,19). The van der Waals surface area contributed by atoms with Gasteiger partial charge in [0.2, 0.25) is 0 Å². The molecule has 100 valence electrons. The number of aromatic amines is 1. The second-order valence-electron chi connectivity index (χ2n) is 5.42. The topological polar surface area (TPSA) is 40.7 Å². The van der Waals surface area contributed by atoms with E-state index in [0.29, 0.717) is 6.04 Å². The highest BCUT2D eigenvalue weighted by Crippen LogP contribution is 2.21. The third-order valence-corrected chi connectivity index (χ3v) is 3.98. The number of imidazole rings is 1. The molecule has 1 aliphatic rings. The van der Waals surface area contributed by atoms with Gasteiger partial charge in [-0.15, -0.1) is 0 Å². The zero-order valence-electron chi connectivity index (χ0n) is 11.4. The van der Waals surface area contributed by atoms with Crippen molar-refractivity contribution in [3.8, 4) is 11.3 Å². The van der Waals surface area contributed by atoms with Crippen molar-refractivity contribution in [1.29, 1.82) is 0 Å². The first-order valence-electron chi connectivity index (χ1n) is 7.16. The number of aryl methyl sites for hydroxylation is 1. The summed E-state index contributed by atoms with van der Waals surface area (Å²) in [6.07, 6.45) is 7.29. The summed E-state index contributed by atoms with van der Waals surface area (Å²) in [4.78, 5) is 7.90. The van der Waals surface area contributed by atoms with Crippen molar-refractivity contribution >= 4 is 0 Å². The molecule has 1 aromatic heterocycles. The molecule has 0 radical (unpaired) electrons. The smallest absolute Gasteiger partial charge is 0.120 e. The number of hydrogen-bond donors (Lipinski definition) is 2. The van der Waals surface area contributed by atoms with Gasteiger partial charge in [0.15, 0.2) is 0 Å². The van der Waals surface area contributed by atoms with Crippen LogP contribution in [0.15, 0.2) is 30.5 Å². The third-order valence-electron chi connectivity index (χ3n) is 3.98. The van der Waals surface area contributed by atoms with Gasteiger partial charge < -0.3 is 10.3 Å². The van der Waals surface area contributed by atoms with Crippen molar-refractivity contribution < 1.29 is 0 Å². The van der Waals surface area contributed by atoms with Crippen molar-refractivity contribution in [2.45, 2.75) is 45.2 Å². The van der Waals surface area contributed by atoms with Gasteiger partial charge in [-0.25, -0.2) is 4.98 Å². The molecule has 1 saturated carbocycles. The third kappa shape index (κ3) is 2.87. The van der Waals surface area contributed by atoms with Crippen LogP contribution in [0.4, 0.5) is 0 Å². The van der Waals surface area contributed by atoms with Gasteiger partial charge in [0.1, 0.15) is 5.82 Å². The average Bonchev–Trinajstić information content (AvgIpc) is 3.08. The lowest BCUT2D eigenvalue weighted by molar-refractivity contribution is 0.515. The fourth-order valence-electron chi connectivity index (χ4n) is 2.84. The number of hydrogen-bond acceptors (Lipinski definition) is 2. The highest BCUT2D eigenvalue weighted by Gasteiger charge is 2.14. The molecule has 3 nitrogen and oxygen atoms in total. The van der Waals surface area contributed by atoms with Gasteiger partial charge in [0.25, 0.3) is 0 Å². The number of aromatic nitrogens is 2. The van der Waals surface area contributed by atoms with E-state index in [1.165, 1.54) is 36.8 Å². The van der Waals surface area contributed by atoms with Crippen molar-refractivity contribution in [2.24, 2.45) is 0 Å². The lowest BCUT2D eigenvalue weighted by Gasteiger charge is -2.09. The number of H-pyrrole nitrogens is 1. The van der Waals surface area contributed by atoms with Crippen LogP contribution in [0.5, 0.6) is 0 Å². The highest BCUT2D eigenvalue weighted by molar-refractivity contribution is 5.62. The Bertz CT molecular complexity index is 538. The summed E-state index contributed by atoms with van der Waals surface area (Å²) < 4.78 is 0. The molecule has 0 atom stereocenters. The quantitative estimate of drug-likeness (QED) is 0.879. The van der Waals surface area contributed by atoms with Gasteiger partial charge >= 0.3 is 0 Å². The van der Waals surface area contributed by atoms with Crippen molar-refractivity contribution in [1.82, 2.24) is 15.3 Å². The SMILES string of the molecule is Cc1ccccc1-c1cnc(CNC2CCCC2)[nH]1. The predicted molar refractivity (Wildman–Crippen MR) is 77.9 cm³/mol. The predicted octanol–water partition coefficient (Wildman–Crippen LogP) is 3.42. The van der Waals surface area contributed by atoms with E-state index in [9.17, 15) is 0 Å². The molecule has 0 saturated heterocycles. The first-order chi connectivity index (χ1) is 9.33. The minimum atomic E-state index is 0.687. The molecule has 3 heteroatoms. The Morgan fingerprint density at radius 2 is 2.05 bits per heavy atom. The number of nitrogens with one attached hydrogen (secondary N) is 2. The van der Waals surface area contributed by atoms with Crippen molar-refractivity contribution in [3.63, 3.8) is 0 Å². The van der Waals surface area contributed by atoms with E-state index in [-0.39, 0.29) is 0 Å². The van der Waals surface area contributed by atoms with E-state index < -0.39 is 0 Å². The van der Waals surface area contributed by atoms with Crippen molar-refractivity contribution in [2.75, 3.05) is 0 Å². The van der Waals surface area contributed by atoms with Crippen LogP contribution in [-0.2, 0) is 6.54 Å². The summed E-state index contributed by atoms with van der Waals surface area (Å²) in [5, 5.41) is 3.58. The van der Waals surface area contributed by atoms with E-state index in [1.54, 1.807) is 0 Å². The van der Waals surface area contributed by atoms with Crippen LogP contribution in [0.2, 0.25) is 0 Å². The number of benzene rings is 1. The number of rotatable bonds is 4. The summed E-state index contributed by atoms with van der Waals surface area (Å²) >= 11 is 0. The van der Waals surface area contributed by atoms with Crippen LogP contribution in [-0.4, -0.2) is 16.0 Å². The van der Waals surface area contributed by atoms with Gasteiger partial charge in [-0.05, 0) is 25.3 Å². The lowest BCUT2D eigenvalue weighted by Crippen LogP contribution is -2.25. The molecule has 0 unspecified atom stereocenters. The first kappa shape index (κ1) is 12.4. The monoisotopic (exact) mass is 255 g/mol. The van der Waals surface area contributed by atoms with Gasteiger partial charge in [0.05, 0.1) is 18.4 Å². The Morgan fingerprint density at radius 3 is 2.84 bits per heavy atom. The molecular weight excluding hydrogens is 234 g/mol. The van der Waals surface area contributed by atoms with E-state index >= 15 is 0 Å². The summed E-state index contributed by atoms with van der Waals surface area (Å²) in [5.41, 5.74) is 3.63. The van der Waals surface area contributed by atoms with Crippen LogP contribution in [0.1, 0.15) is 37.1 Å². The Kier molecular flexibility index (Phi) is 3.65. The molecule has 2 N–H and O–H groups in total. The van der Waals surface area contributed by atoms with Crippen LogP contribution < -0.4 is 5.32 Å². The molecule has 19 heavy (non-hydrogen) atoms. The maximum atomic E-state index is 4.48. The molecular formula is C16H21N3. The molecule has 1 aromatic carbocycles. The van der Waals surface area contributed by atoms with Crippen molar-refractivity contribution in [3.05, 3.63) is 41.9 Å². The minimum absolute atomic E-state index is 0.687. The van der Waals surface area contributed by atoms with E-state index in [1.807, 2.05) is 6.20 Å². The maximum absolute atomic E-state index is 4.48. The molecule has 0 spiro atoms. The normalized spacial score (nSPS) is 16.1. The Balaban J connectivity index is 1.67. The van der Waals surface area contributed by atoms with Gasteiger partial charge in [-0.1, -0.05) is 37.1 Å². The van der Waals surface area contributed by atoms with E-state index in [4.69, 9.17) is 0 Å². The van der Waals surface area contributed by atoms with E-state index in [2.05, 4.69) is 46.5 Å². The van der Waals surface area contributed by atoms with Gasteiger partial charge in [-0.3, -0.25) is 0 Å². The Morgan fingerprint density at radius 1 is 1.26 bits per heavy atom. The Hall–Kier alpha value is -1.61. The van der Waals surface area contributed by atoms with Crippen LogP contribution in [0.25, 0.3) is 11.3 Å². The average molecular weight is 255 g/mol. The molecule has 0 bridgehead atoms. The Labute approximate surface area is 114 Å². The molecule has 1 fully saturated rings. The van der Waals surface area contributed by atoms with Gasteiger partial charge in [-0.2, -0.15) is 0 Å². The highest BCUT2D eigenvalue weighted by atomic mass is 15.0. The molecule has 1 heterocycles. The fourth-order valence-corrected chi connectivity index (χ4v) is 2.84. The summed E-state index contributed by atoms with van der Waals surface area (Å²) in [6.45, 7) is 2.98. The number of nitrogens with zero attached hydrogens (tertiary/aromatic N) is 1. The second-order valence-corrected chi connectivity index (χ2v) is 5.42. The van der Waals surface area contributed by atoms with E-state index in [0.717, 1.165) is 18.1 Å². The lowest BCUT2D eigenvalue weighted by atomic mass is 10.1. The maximum Gasteiger partial charge on any atom is 0.120 e. The van der Waals surface area contributed by atoms with Crippen LogP contribution in [0, 0.1) is 6.92 Å². The first-order valence-corrected chi connectivity index (χ1v) is 7.16. The molecule has 2 aromatic rings. The molecule has 0 aliphatic heterocycles. The summed E-state index contributed by atoms with van der Waals surface area (Å²) in [7, 11) is 0. The van der Waals surface area contributed by atoms with Gasteiger partial charge in [0, 0.05) is 11.6 Å². The van der Waals surface area contributed by atoms with Crippen LogP contribution in [0.3, 0.4) is 0 Å². The largest absolute Gasteiger partial charge is 0.341 e. The molecule has 1 aliphatic carbocycles.